The second-order valence-corrected chi connectivity index (χ2v) is 9.19. The van der Waals surface area contributed by atoms with E-state index in [1.165, 1.54) is 18.2 Å². The van der Waals surface area contributed by atoms with Gasteiger partial charge in [0.2, 0.25) is 5.91 Å². The molecule has 0 aliphatic rings. The van der Waals surface area contributed by atoms with Crippen LogP contribution in [0.15, 0.2) is 49.1 Å². The largest absolute Gasteiger partial charge is 0.395 e. The van der Waals surface area contributed by atoms with Crippen LogP contribution in [0.2, 0.25) is 0 Å². The number of aromatic nitrogens is 6. The summed E-state index contributed by atoms with van der Waals surface area (Å²) in [5.41, 5.74) is 3.39. The monoisotopic (exact) mass is 521 g/mol. The van der Waals surface area contributed by atoms with Gasteiger partial charge in [-0.15, -0.1) is 0 Å². The molecule has 4 aromatic rings. The molecule has 0 saturated carbocycles. The Balaban J connectivity index is 1.58. The summed E-state index contributed by atoms with van der Waals surface area (Å²) in [6.07, 6.45) is 6.95. The molecule has 1 atom stereocenters. The SMILES string of the molecule is CC(C)c1cc(-c2c(F)cccc2F)nnc1C(C)c1cncc(-c2cnn(CCC(=O)NCCO)c2)n1. The van der Waals surface area contributed by atoms with Gasteiger partial charge >= 0.3 is 0 Å². The molecule has 198 valence electrons. The van der Waals surface area contributed by atoms with Crippen molar-refractivity contribution < 1.29 is 18.7 Å². The Hall–Kier alpha value is -4.12. The number of nitrogens with one attached hydrogen (secondary N) is 1. The summed E-state index contributed by atoms with van der Waals surface area (Å²) >= 11 is 0. The van der Waals surface area contributed by atoms with E-state index in [1.807, 2.05) is 20.8 Å². The zero-order chi connectivity index (χ0) is 27.2. The van der Waals surface area contributed by atoms with Crippen molar-refractivity contribution >= 4 is 5.91 Å². The van der Waals surface area contributed by atoms with E-state index in [-0.39, 0.29) is 48.6 Å². The topological polar surface area (TPSA) is 119 Å². The fourth-order valence-corrected chi connectivity index (χ4v) is 4.07. The van der Waals surface area contributed by atoms with E-state index in [0.29, 0.717) is 23.6 Å². The molecule has 0 spiro atoms. The van der Waals surface area contributed by atoms with Gasteiger partial charge in [-0.05, 0) is 29.7 Å². The van der Waals surface area contributed by atoms with Gasteiger partial charge in [0.15, 0.2) is 0 Å². The lowest BCUT2D eigenvalue weighted by Gasteiger charge is -2.18. The third-order valence-electron chi connectivity index (χ3n) is 6.13. The highest BCUT2D eigenvalue weighted by molar-refractivity contribution is 5.75. The highest BCUT2D eigenvalue weighted by Crippen LogP contribution is 2.32. The predicted molar refractivity (Wildman–Crippen MR) is 137 cm³/mol. The number of carbonyl (C=O) groups excluding carboxylic acids is 1. The molecule has 0 saturated heterocycles. The maximum Gasteiger partial charge on any atom is 0.221 e. The van der Waals surface area contributed by atoms with Gasteiger partial charge in [-0.3, -0.25) is 14.5 Å². The predicted octanol–water partition coefficient (Wildman–Crippen LogP) is 3.85. The minimum atomic E-state index is -0.695. The van der Waals surface area contributed by atoms with Crippen LogP contribution in [-0.2, 0) is 11.3 Å². The molecular formula is C27H29F2N7O2. The number of aryl methyl sites for hydroxylation is 1. The van der Waals surface area contributed by atoms with Gasteiger partial charge < -0.3 is 10.4 Å². The number of rotatable bonds is 10. The number of aliphatic hydroxyl groups is 1. The Morgan fingerprint density at radius 2 is 1.84 bits per heavy atom. The summed E-state index contributed by atoms with van der Waals surface area (Å²) in [6, 6.07) is 5.39. The van der Waals surface area contributed by atoms with Crippen molar-refractivity contribution in [2.45, 2.75) is 45.6 Å². The normalized spacial score (nSPS) is 12.1. The van der Waals surface area contributed by atoms with Crippen LogP contribution < -0.4 is 5.32 Å². The summed E-state index contributed by atoms with van der Waals surface area (Å²) in [4.78, 5) is 20.9. The van der Waals surface area contributed by atoms with Crippen molar-refractivity contribution in [1.82, 2.24) is 35.3 Å². The number of hydrogen-bond acceptors (Lipinski definition) is 7. The molecule has 9 nitrogen and oxygen atoms in total. The highest BCUT2D eigenvalue weighted by Gasteiger charge is 2.22. The maximum atomic E-state index is 14.4. The Kier molecular flexibility index (Phi) is 8.47. The fraction of sp³-hybridized carbons (Fsp3) is 0.333. The number of halogens is 2. The fourth-order valence-electron chi connectivity index (χ4n) is 4.07. The molecule has 1 aromatic carbocycles. The zero-order valence-corrected chi connectivity index (χ0v) is 21.4. The van der Waals surface area contributed by atoms with Crippen LogP contribution in [0.4, 0.5) is 8.78 Å². The molecule has 0 bridgehead atoms. The highest BCUT2D eigenvalue weighted by atomic mass is 19.1. The van der Waals surface area contributed by atoms with Crippen LogP contribution in [0, 0.1) is 11.6 Å². The number of hydrogen-bond donors (Lipinski definition) is 2. The molecule has 2 N–H and O–H groups in total. The molecule has 1 unspecified atom stereocenters. The molecular weight excluding hydrogens is 492 g/mol. The lowest BCUT2D eigenvalue weighted by atomic mass is 9.92. The zero-order valence-electron chi connectivity index (χ0n) is 21.4. The van der Waals surface area contributed by atoms with Gasteiger partial charge in [0, 0.05) is 43.4 Å². The van der Waals surface area contributed by atoms with Crippen LogP contribution in [-0.4, -0.2) is 54.1 Å². The van der Waals surface area contributed by atoms with E-state index in [2.05, 4.69) is 25.6 Å². The Bertz CT molecular complexity index is 1400. The molecule has 0 radical (unpaired) electrons. The smallest absolute Gasteiger partial charge is 0.221 e. The molecule has 0 fully saturated rings. The van der Waals surface area contributed by atoms with Crippen molar-refractivity contribution in [1.29, 1.82) is 0 Å². The number of amides is 1. The van der Waals surface area contributed by atoms with Crippen molar-refractivity contribution in [2.24, 2.45) is 0 Å². The van der Waals surface area contributed by atoms with Crippen molar-refractivity contribution in [2.75, 3.05) is 13.2 Å². The average molecular weight is 522 g/mol. The lowest BCUT2D eigenvalue weighted by Crippen LogP contribution is -2.27. The molecule has 0 aliphatic carbocycles. The summed E-state index contributed by atoms with van der Waals surface area (Å²) in [7, 11) is 0. The summed E-state index contributed by atoms with van der Waals surface area (Å²) in [5.74, 6) is -1.84. The number of benzene rings is 1. The summed E-state index contributed by atoms with van der Waals surface area (Å²) < 4.78 is 30.4. The van der Waals surface area contributed by atoms with Crippen molar-refractivity contribution in [3.05, 3.63) is 77.6 Å². The number of carbonyl (C=O) groups is 1. The Morgan fingerprint density at radius 1 is 1.08 bits per heavy atom. The van der Waals surface area contributed by atoms with E-state index in [0.717, 1.165) is 11.1 Å². The van der Waals surface area contributed by atoms with Crippen LogP contribution in [0.3, 0.4) is 0 Å². The van der Waals surface area contributed by atoms with Gasteiger partial charge in [0.25, 0.3) is 0 Å². The third kappa shape index (κ3) is 6.05. The second kappa shape index (κ2) is 12.0. The van der Waals surface area contributed by atoms with Crippen LogP contribution in [0.25, 0.3) is 22.5 Å². The van der Waals surface area contributed by atoms with Crippen molar-refractivity contribution in [3.63, 3.8) is 0 Å². The van der Waals surface area contributed by atoms with Crippen molar-refractivity contribution in [3.8, 4) is 22.5 Å². The first-order valence-corrected chi connectivity index (χ1v) is 12.3. The van der Waals surface area contributed by atoms with E-state index in [9.17, 15) is 13.6 Å². The standard InChI is InChI=1S/C27H29F2N7O2/c1-16(2)19-11-22(26-20(28)5-4-6-21(26)29)34-35-27(19)17(3)23-13-30-14-24(33-23)18-12-32-36(15-18)9-7-25(38)31-8-10-37/h4-6,11-17,37H,7-10H2,1-3H3,(H,31,38). The lowest BCUT2D eigenvalue weighted by molar-refractivity contribution is -0.121. The van der Waals surface area contributed by atoms with Crippen LogP contribution in [0.5, 0.6) is 0 Å². The molecule has 3 heterocycles. The maximum absolute atomic E-state index is 14.4. The molecule has 11 heteroatoms. The Labute approximate surface area is 219 Å². The average Bonchev–Trinajstić information content (AvgIpc) is 3.39. The minimum Gasteiger partial charge on any atom is -0.395 e. The van der Waals surface area contributed by atoms with Gasteiger partial charge in [-0.25, -0.2) is 13.8 Å². The van der Waals surface area contributed by atoms with Gasteiger partial charge in [-0.2, -0.15) is 15.3 Å². The Morgan fingerprint density at radius 3 is 2.55 bits per heavy atom. The summed E-state index contributed by atoms with van der Waals surface area (Å²) in [5, 5.41) is 24.3. The first kappa shape index (κ1) is 26.9. The molecule has 0 aliphatic heterocycles. The number of aliphatic hydroxyl groups excluding tert-OH is 1. The quantitative estimate of drug-likeness (QED) is 0.325. The van der Waals surface area contributed by atoms with Gasteiger partial charge in [0.1, 0.15) is 11.6 Å². The van der Waals surface area contributed by atoms with E-state index < -0.39 is 11.6 Å². The van der Waals surface area contributed by atoms with Crippen LogP contribution in [0.1, 0.15) is 56.0 Å². The van der Waals surface area contributed by atoms with Gasteiger partial charge in [0.05, 0.1) is 47.3 Å². The van der Waals surface area contributed by atoms with E-state index in [1.54, 1.807) is 35.5 Å². The molecule has 1 amide bonds. The van der Waals surface area contributed by atoms with E-state index >= 15 is 0 Å². The number of nitrogens with zero attached hydrogens (tertiary/aromatic N) is 6. The van der Waals surface area contributed by atoms with Gasteiger partial charge in [-0.1, -0.05) is 26.8 Å². The molecule has 3 aromatic heterocycles. The van der Waals surface area contributed by atoms with E-state index in [4.69, 9.17) is 10.1 Å². The minimum absolute atomic E-state index is 0.0143. The first-order chi connectivity index (χ1) is 18.3. The third-order valence-corrected chi connectivity index (χ3v) is 6.13. The van der Waals surface area contributed by atoms with Crippen LogP contribution >= 0.6 is 0 Å². The first-order valence-electron chi connectivity index (χ1n) is 12.3. The summed E-state index contributed by atoms with van der Waals surface area (Å²) in [6.45, 7) is 6.38. The molecule has 38 heavy (non-hydrogen) atoms. The molecule has 4 rings (SSSR count). The second-order valence-electron chi connectivity index (χ2n) is 9.19.